The van der Waals surface area contributed by atoms with Crippen molar-refractivity contribution >= 4 is 17.7 Å². The fourth-order valence-corrected chi connectivity index (χ4v) is 4.92. The van der Waals surface area contributed by atoms with E-state index >= 15 is 0 Å². The van der Waals surface area contributed by atoms with Crippen molar-refractivity contribution in [1.29, 1.82) is 0 Å². The van der Waals surface area contributed by atoms with Crippen LogP contribution in [0.3, 0.4) is 0 Å². The smallest absolute Gasteiger partial charge is 0.228 e. The third-order valence-electron chi connectivity index (χ3n) is 5.01. The summed E-state index contributed by atoms with van der Waals surface area (Å²) in [6.45, 7) is 0. The van der Waals surface area contributed by atoms with Crippen LogP contribution >= 0.6 is 11.8 Å². The van der Waals surface area contributed by atoms with E-state index in [1.807, 2.05) is 18.2 Å². The van der Waals surface area contributed by atoms with Crippen molar-refractivity contribution in [3.63, 3.8) is 0 Å². The number of nitrogens with one attached hydrogen (secondary N) is 1. The molecule has 2 aromatic rings. The van der Waals surface area contributed by atoms with Crippen LogP contribution in [0.2, 0.25) is 0 Å². The molecule has 2 atom stereocenters. The predicted octanol–water partition coefficient (Wildman–Crippen LogP) is 4.60. The molecule has 124 valence electrons. The summed E-state index contributed by atoms with van der Waals surface area (Å²) in [6, 6.07) is 13.0. The Balaban J connectivity index is 1.57. The second kappa shape index (κ2) is 6.60. The highest BCUT2D eigenvalue weighted by atomic mass is 32.2. The number of carbonyl (C=O) groups excluding carboxylic acids is 1. The van der Waals surface area contributed by atoms with Crippen LogP contribution in [0.5, 0.6) is 0 Å². The number of hydrogen-bond donors (Lipinski definition) is 1. The third-order valence-corrected chi connectivity index (χ3v) is 6.14. The molecule has 0 saturated heterocycles. The number of halogens is 1. The molecule has 0 radical (unpaired) electrons. The average Bonchev–Trinajstić information content (AvgIpc) is 2.61. The normalized spacial score (nSPS) is 22.4. The Morgan fingerprint density at radius 1 is 1.12 bits per heavy atom. The van der Waals surface area contributed by atoms with E-state index in [9.17, 15) is 9.18 Å². The Morgan fingerprint density at radius 3 is 2.92 bits per heavy atom. The van der Waals surface area contributed by atoms with Crippen molar-refractivity contribution < 1.29 is 9.18 Å². The van der Waals surface area contributed by atoms with Gasteiger partial charge in [0.1, 0.15) is 5.82 Å². The molecule has 1 aliphatic carbocycles. The first kappa shape index (κ1) is 15.7. The molecule has 0 fully saturated rings. The monoisotopic (exact) mass is 341 g/mol. The molecule has 2 aliphatic rings. The van der Waals surface area contributed by atoms with Crippen LogP contribution in [0.15, 0.2) is 47.4 Å². The number of aryl methyl sites for hydroxylation is 1. The minimum Gasteiger partial charge on any atom is -0.349 e. The number of carbonyl (C=O) groups is 1. The van der Waals surface area contributed by atoms with Gasteiger partial charge in [0, 0.05) is 10.6 Å². The Morgan fingerprint density at radius 2 is 2.00 bits per heavy atom. The lowest BCUT2D eigenvalue weighted by Gasteiger charge is -2.30. The summed E-state index contributed by atoms with van der Waals surface area (Å²) in [5, 5.41) is 3.19. The van der Waals surface area contributed by atoms with Crippen molar-refractivity contribution in [2.24, 2.45) is 0 Å². The van der Waals surface area contributed by atoms with Gasteiger partial charge >= 0.3 is 0 Å². The maximum Gasteiger partial charge on any atom is 0.228 e. The van der Waals surface area contributed by atoms with Crippen molar-refractivity contribution in [2.45, 2.75) is 42.5 Å². The zero-order valence-corrected chi connectivity index (χ0v) is 14.2. The van der Waals surface area contributed by atoms with E-state index in [0.717, 1.165) is 47.5 Å². The zero-order chi connectivity index (χ0) is 16.5. The molecule has 0 saturated carbocycles. The molecule has 0 unspecified atom stereocenters. The number of fused-ring (bicyclic) bond motifs is 2. The van der Waals surface area contributed by atoms with Crippen LogP contribution in [0.1, 0.15) is 47.9 Å². The van der Waals surface area contributed by atoms with Crippen LogP contribution in [0.25, 0.3) is 0 Å². The molecule has 4 heteroatoms. The maximum atomic E-state index is 13.6. The summed E-state index contributed by atoms with van der Waals surface area (Å²) in [4.78, 5) is 14.0. The van der Waals surface area contributed by atoms with Crippen LogP contribution in [0, 0.1) is 5.82 Å². The van der Waals surface area contributed by atoms with Gasteiger partial charge in [-0.05, 0) is 60.6 Å². The van der Waals surface area contributed by atoms with Gasteiger partial charge in [-0.1, -0.05) is 24.3 Å². The van der Waals surface area contributed by atoms with Gasteiger partial charge in [-0.25, -0.2) is 4.39 Å². The van der Waals surface area contributed by atoms with Gasteiger partial charge in [-0.2, -0.15) is 0 Å². The zero-order valence-electron chi connectivity index (χ0n) is 13.4. The van der Waals surface area contributed by atoms with Crippen molar-refractivity contribution in [1.82, 2.24) is 5.32 Å². The lowest BCUT2D eigenvalue weighted by Crippen LogP contribution is -2.35. The predicted molar refractivity (Wildman–Crippen MR) is 94.7 cm³/mol. The molecule has 24 heavy (non-hydrogen) atoms. The first-order valence-corrected chi connectivity index (χ1v) is 9.51. The molecule has 2 nitrogen and oxygen atoms in total. The fourth-order valence-electron chi connectivity index (χ4n) is 3.81. The van der Waals surface area contributed by atoms with Gasteiger partial charge in [0.05, 0.1) is 12.0 Å². The van der Waals surface area contributed by atoms with E-state index in [0.29, 0.717) is 0 Å². The Kier molecular flexibility index (Phi) is 4.31. The van der Waals surface area contributed by atoms with Gasteiger partial charge < -0.3 is 5.32 Å². The second-order valence-electron chi connectivity index (χ2n) is 6.52. The van der Waals surface area contributed by atoms with E-state index in [1.165, 1.54) is 11.6 Å². The molecule has 1 aliphatic heterocycles. The van der Waals surface area contributed by atoms with Gasteiger partial charge in [0.25, 0.3) is 0 Å². The molecular formula is C20H20FNOS. The first-order chi connectivity index (χ1) is 11.7. The van der Waals surface area contributed by atoms with Gasteiger partial charge in [0.2, 0.25) is 5.91 Å². The number of benzene rings is 2. The molecule has 1 amide bonds. The van der Waals surface area contributed by atoms with E-state index in [4.69, 9.17) is 0 Å². The first-order valence-electron chi connectivity index (χ1n) is 8.53. The third kappa shape index (κ3) is 2.95. The molecule has 1 N–H and O–H groups in total. The Hall–Kier alpha value is -1.81. The molecule has 4 rings (SSSR count). The van der Waals surface area contributed by atoms with E-state index in [1.54, 1.807) is 17.8 Å². The molecule has 0 bridgehead atoms. The number of rotatable bonds is 2. The standard InChI is InChI=1S/C20H20FNOS/c21-14-8-9-19-17(12-14)18(10-11-24-19)22-20(23)16-7-3-5-13-4-1-2-6-15(13)16/h1-2,4,6,8-9,12,16,18H,3,5,7,10-11H2,(H,22,23)/t16-,18+/m1/s1. The van der Waals surface area contributed by atoms with Gasteiger partial charge in [0.15, 0.2) is 0 Å². The lowest BCUT2D eigenvalue weighted by molar-refractivity contribution is -0.123. The minimum atomic E-state index is -0.237. The van der Waals surface area contributed by atoms with E-state index in [2.05, 4.69) is 17.4 Å². The second-order valence-corrected chi connectivity index (χ2v) is 7.66. The van der Waals surface area contributed by atoms with Gasteiger partial charge in [-0.15, -0.1) is 11.8 Å². The summed E-state index contributed by atoms with van der Waals surface area (Å²) >= 11 is 1.73. The average molecular weight is 341 g/mol. The Bertz CT molecular complexity index is 776. The highest BCUT2D eigenvalue weighted by Crippen LogP contribution is 2.38. The minimum absolute atomic E-state index is 0.0780. The van der Waals surface area contributed by atoms with Crippen LogP contribution < -0.4 is 5.32 Å². The van der Waals surface area contributed by atoms with E-state index < -0.39 is 0 Å². The molecule has 2 aromatic carbocycles. The fraction of sp³-hybridized carbons (Fsp3) is 0.350. The van der Waals surface area contributed by atoms with Crippen molar-refractivity contribution in [3.8, 4) is 0 Å². The molecule has 0 spiro atoms. The summed E-state index contributed by atoms with van der Waals surface area (Å²) < 4.78 is 13.6. The highest BCUT2D eigenvalue weighted by molar-refractivity contribution is 7.99. The van der Waals surface area contributed by atoms with Gasteiger partial charge in [-0.3, -0.25) is 4.79 Å². The number of thioether (sulfide) groups is 1. The topological polar surface area (TPSA) is 29.1 Å². The SMILES string of the molecule is O=C(N[C@H]1CCSc2ccc(F)cc21)[C@@H]1CCCc2ccccc21. The molecule has 0 aromatic heterocycles. The van der Waals surface area contributed by atoms with Crippen LogP contribution in [-0.4, -0.2) is 11.7 Å². The molecule has 1 heterocycles. The lowest BCUT2D eigenvalue weighted by atomic mass is 9.82. The number of hydrogen-bond acceptors (Lipinski definition) is 2. The Labute approximate surface area is 145 Å². The summed E-state index contributed by atoms with van der Waals surface area (Å²) in [5.74, 6) is 0.708. The molecular weight excluding hydrogens is 321 g/mol. The quantitative estimate of drug-likeness (QED) is 0.865. The summed E-state index contributed by atoms with van der Waals surface area (Å²) in [7, 11) is 0. The maximum absolute atomic E-state index is 13.6. The summed E-state index contributed by atoms with van der Waals surface area (Å²) in [6.07, 6.45) is 3.83. The number of amides is 1. The van der Waals surface area contributed by atoms with Crippen LogP contribution in [-0.2, 0) is 11.2 Å². The largest absolute Gasteiger partial charge is 0.349 e. The highest BCUT2D eigenvalue weighted by Gasteiger charge is 2.29. The van der Waals surface area contributed by atoms with Crippen LogP contribution in [0.4, 0.5) is 4.39 Å². The van der Waals surface area contributed by atoms with Crippen molar-refractivity contribution in [2.75, 3.05) is 5.75 Å². The van der Waals surface area contributed by atoms with E-state index in [-0.39, 0.29) is 23.7 Å². The van der Waals surface area contributed by atoms with Crippen molar-refractivity contribution in [3.05, 3.63) is 65.0 Å². The summed E-state index contributed by atoms with van der Waals surface area (Å²) in [5.41, 5.74) is 3.36.